The zero-order chi connectivity index (χ0) is 24.1. The van der Waals surface area contributed by atoms with E-state index in [1.165, 1.54) is 12.1 Å². The molecule has 176 valence electrons. The molecule has 0 amide bonds. The minimum Gasteiger partial charge on any atom is -0.426 e. The Morgan fingerprint density at radius 1 is 0.788 bits per heavy atom. The monoisotopic (exact) mass is 450 g/mol. The van der Waals surface area contributed by atoms with Crippen LogP contribution in [0.15, 0.2) is 42.5 Å². The molecule has 0 saturated carbocycles. The number of rotatable bonds is 15. The predicted molar refractivity (Wildman–Crippen MR) is 129 cm³/mol. The van der Waals surface area contributed by atoms with E-state index in [-0.39, 0.29) is 34.6 Å². The molecule has 0 aliphatic carbocycles. The summed E-state index contributed by atoms with van der Waals surface area (Å²) < 4.78 is 5.51. The second-order valence-electron chi connectivity index (χ2n) is 8.26. The molecule has 2 rings (SSSR count). The lowest BCUT2D eigenvalue weighted by molar-refractivity contribution is -0.134. The summed E-state index contributed by atoms with van der Waals surface area (Å²) in [6.45, 7) is 4.19. The molecule has 0 heterocycles. The fraction of sp³-hybridized carbons (Fsp3) is 0.429. The van der Waals surface area contributed by atoms with Crippen LogP contribution in [0.25, 0.3) is 0 Å². The van der Waals surface area contributed by atoms with Crippen molar-refractivity contribution in [1.82, 2.24) is 0 Å². The van der Waals surface area contributed by atoms with Crippen molar-refractivity contribution in [2.24, 2.45) is 0 Å². The van der Waals surface area contributed by atoms with E-state index in [0.717, 1.165) is 44.9 Å². The van der Waals surface area contributed by atoms with Gasteiger partial charge in [0.15, 0.2) is 17.9 Å². The summed E-state index contributed by atoms with van der Waals surface area (Å²) in [5.74, 6) is -0.811. The smallest absolute Gasteiger partial charge is 0.311 e. The molecule has 5 heteroatoms. The van der Waals surface area contributed by atoms with Gasteiger partial charge in [-0.15, -0.1) is 0 Å². The van der Waals surface area contributed by atoms with Crippen LogP contribution in [-0.2, 0) is 4.79 Å². The van der Waals surface area contributed by atoms with Gasteiger partial charge in [0.05, 0.1) is 5.56 Å². The highest BCUT2D eigenvalue weighted by atomic mass is 16.5. The van der Waals surface area contributed by atoms with Crippen LogP contribution in [0, 0.1) is 0 Å². The fourth-order valence-corrected chi connectivity index (χ4v) is 3.65. The third-order valence-electron chi connectivity index (χ3n) is 5.59. The molecule has 0 atom stereocenters. The van der Waals surface area contributed by atoms with Crippen molar-refractivity contribution >= 4 is 23.8 Å². The van der Waals surface area contributed by atoms with Crippen molar-refractivity contribution in [2.75, 3.05) is 0 Å². The lowest BCUT2D eigenvalue weighted by Crippen LogP contribution is -2.14. The molecule has 0 aliphatic rings. The van der Waals surface area contributed by atoms with Gasteiger partial charge in [-0.05, 0) is 31.0 Å². The molecule has 0 unspecified atom stereocenters. The topological polar surface area (TPSA) is 77.5 Å². The van der Waals surface area contributed by atoms with E-state index in [1.807, 2.05) is 6.92 Å². The van der Waals surface area contributed by atoms with E-state index in [1.54, 1.807) is 30.3 Å². The van der Waals surface area contributed by atoms with Crippen LogP contribution >= 0.6 is 0 Å². The van der Waals surface area contributed by atoms with E-state index >= 15 is 0 Å². The normalized spacial score (nSPS) is 10.6. The molecule has 0 radical (unpaired) electrons. The molecule has 0 bridgehead atoms. The van der Waals surface area contributed by atoms with Crippen LogP contribution in [0.2, 0.25) is 0 Å². The number of unbranched alkanes of at least 4 members (excludes halogenated alkanes) is 6. The molecule has 0 aliphatic heterocycles. The van der Waals surface area contributed by atoms with Gasteiger partial charge < -0.3 is 4.74 Å². The number of benzene rings is 2. The molecule has 0 spiro atoms. The van der Waals surface area contributed by atoms with Gasteiger partial charge >= 0.3 is 5.97 Å². The van der Waals surface area contributed by atoms with Crippen LogP contribution in [0.3, 0.4) is 0 Å². The van der Waals surface area contributed by atoms with Crippen LogP contribution in [0.4, 0.5) is 0 Å². The first-order valence-electron chi connectivity index (χ1n) is 12.0. The Kier molecular flexibility index (Phi) is 11.2. The Balaban J connectivity index is 2.30. The average Bonchev–Trinajstić information content (AvgIpc) is 2.83. The zero-order valence-electron chi connectivity index (χ0n) is 19.7. The van der Waals surface area contributed by atoms with Gasteiger partial charge in [0.25, 0.3) is 0 Å². The van der Waals surface area contributed by atoms with E-state index < -0.39 is 11.8 Å². The third-order valence-corrected chi connectivity index (χ3v) is 5.59. The number of esters is 1. The summed E-state index contributed by atoms with van der Waals surface area (Å²) in [6.07, 6.45) is 9.06. The second kappa shape index (κ2) is 14.1. The minimum absolute atomic E-state index is 0.0509. The van der Waals surface area contributed by atoms with Gasteiger partial charge in [-0.2, -0.15) is 0 Å². The summed E-state index contributed by atoms with van der Waals surface area (Å²) in [5, 5.41) is 0. The Labute approximate surface area is 196 Å². The molecule has 0 aromatic heterocycles. The van der Waals surface area contributed by atoms with Crippen molar-refractivity contribution in [2.45, 2.75) is 78.1 Å². The number of aldehydes is 1. The minimum atomic E-state index is -0.452. The number of ketones is 2. The second-order valence-corrected chi connectivity index (χ2v) is 8.26. The number of hydrogen-bond acceptors (Lipinski definition) is 5. The lowest BCUT2D eigenvalue weighted by Gasteiger charge is -2.12. The molecule has 0 fully saturated rings. The number of carbonyl (C=O) groups excluding carboxylic acids is 4. The quantitative estimate of drug-likeness (QED) is 0.0985. The van der Waals surface area contributed by atoms with Crippen molar-refractivity contribution in [1.29, 1.82) is 0 Å². The van der Waals surface area contributed by atoms with Gasteiger partial charge in [0, 0.05) is 29.5 Å². The molecule has 2 aromatic rings. The maximum atomic E-state index is 13.3. The third kappa shape index (κ3) is 8.08. The van der Waals surface area contributed by atoms with Crippen molar-refractivity contribution in [3.8, 4) is 5.75 Å². The zero-order valence-corrected chi connectivity index (χ0v) is 19.7. The van der Waals surface area contributed by atoms with Gasteiger partial charge in [0.2, 0.25) is 0 Å². The number of carbonyl (C=O) groups is 4. The molecular formula is C28H34O5. The summed E-state index contributed by atoms with van der Waals surface area (Å²) in [5.41, 5.74) is 0.975. The van der Waals surface area contributed by atoms with E-state index in [0.29, 0.717) is 24.7 Å². The highest BCUT2D eigenvalue weighted by Crippen LogP contribution is 2.26. The Morgan fingerprint density at radius 3 is 2.18 bits per heavy atom. The van der Waals surface area contributed by atoms with E-state index in [9.17, 15) is 19.2 Å². The molecule has 0 N–H and O–H groups in total. The van der Waals surface area contributed by atoms with Crippen LogP contribution in [-0.4, -0.2) is 23.8 Å². The molecular weight excluding hydrogens is 416 g/mol. The van der Waals surface area contributed by atoms with Crippen molar-refractivity contribution in [3.63, 3.8) is 0 Å². The number of hydrogen-bond donors (Lipinski definition) is 0. The summed E-state index contributed by atoms with van der Waals surface area (Å²) >= 11 is 0. The van der Waals surface area contributed by atoms with Gasteiger partial charge in [-0.3, -0.25) is 19.2 Å². The number of Topliss-reactive ketones (excluding diaryl/α,β-unsaturated/α-hetero) is 1. The highest BCUT2D eigenvalue weighted by Gasteiger charge is 2.21. The van der Waals surface area contributed by atoms with Crippen molar-refractivity contribution < 1.29 is 23.9 Å². The van der Waals surface area contributed by atoms with Crippen LogP contribution < -0.4 is 4.74 Å². The molecule has 0 saturated heterocycles. The largest absolute Gasteiger partial charge is 0.426 e. The Morgan fingerprint density at radius 2 is 1.45 bits per heavy atom. The van der Waals surface area contributed by atoms with Gasteiger partial charge in [0.1, 0.15) is 5.75 Å². The Hall–Kier alpha value is -3.08. The molecule has 5 nitrogen and oxygen atoms in total. The van der Waals surface area contributed by atoms with Crippen LogP contribution in [0.5, 0.6) is 5.75 Å². The van der Waals surface area contributed by atoms with E-state index in [2.05, 4.69) is 6.92 Å². The predicted octanol–water partition coefficient (Wildman–Crippen LogP) is 6.76. The SMILES string of the molecule is CCCCCCCC(=O)c1ccc(OC(=O)CCCCC)c(C(=O)c2ccccc2C=O)c1. The average molecular weight is 451 g/mol. The van der Waals surface area contributed by atoms with Crippen LogP contribution in [0.1, 0.15) is 115 Å². The first-order valence-corrected chi connectivity index (χ1v) is 12.0. The molecule has 33 heavy (non-hydrogen) atoms. The standard InChI is InChI=1S/C28H34O5/c1-3-5-7-8-10-15-25(30)21-17-18-26(33-27(31)16-9-6-4-2)24(19-21)28(32)23-14-12-11-13-22(23)20-29/h11-14,17-20H,3-10,15-16H2,1-2H3. The maximum Gasteiger partial charge on any atom is 0.311 e. The van der Waals surface area contributed by atoms with Gasteiger partial charge in [-0.1, -0.05) is 76.6 Å². The summed E-state index contributed by atoms with van der Waals surface area (Å²) in [4.78, 5) is 49.8. The highest BCUT2D eigenvalue weighted by molar-refractivity contribution is 6.15. The number of ether oxygens (including phenoxy) is 1. The van der Waals surface area contributed by atoms with E-state index in [4.69, 9.17) is 4.74 Å². The lowest BCUT2D eigenvalue weighted by atomic mass is 9.95. The Bertz CT molecular complexity index is 961. The summed E-state index contributed by atoms with van der Waals surface area (Å²) in [7, 11) is 0. The first kappa shape index (κ1) is 26.2. The molecule has 2 aromatic carbocycles. The maximum absolute atomic E-state index is 13.3. The first-order chi connectivity index (χ1) is 16.0. The fourth-order valence-electron chi connectivity index (χ4n) is 3.65. The van der Waals surface area contributed by atoms with Crippen molar-refractivity contribution in [3.05, 3.63) is 64.7 Å². The summed E-state index contributed by atoms with van der Waals surface area (Å²) in [6, 6.07) is 11.1. The van der Waals surface area contributed by atoms with Gasteiger partial charge in [-0.25, -0.2) is 0 Å².